The van der Waals surface area contributed by atoms with Crippen molar-refractivity contribution in [3.8, 4) is 11.1 Å². The highest BCUT2D eigenvalue weighted by Crippen LogP contribution is 2.44. The van der Waals surface area contributed by atoms with Gasteiger partial charge in [0.05, 0.1) is 19.1 Å². The van der Waals surface area contributed by atoms with Crippen molar-refractivity contribution in [3.05, 3.63) is 95.6 Å². The maximum absolute atomic E-state index is 13.7. The van der Waals surface area contributed by atoms with E-state index < -0.39 is 24.2 Å². The average molecular weight is 557 g/mol. The van der Waals surface area contributed by atoms with Crippen molar-refractivity contribution >= 4 is 18.0 Å². The van der Waals surface area contributed by atoms with Crippen LogP contribution in [0.25, 0.3) is 11.1 Å². The number of nitrogens with one attached hydrogen (secondary N) is 1. The van der Waals surface area contributed by atoms with Gasteiger partial charge in [-0.1, -0.05) is 85.8 Å². The standard InChI is InChI=1S/C33H36N2O6/c1-21-17-35(18-24(21)16-30(36)37)32(38)31(22(2)40-19-23-10-4-3-5-11-23)34-33(39)41-20-29-27-14-8-6-12-25(27)26-13-7-9-15-28(26)29/h3-15,21-22,24,29,31H,16-20H2,1-2H3,(H,34,39)(H,36,37)/t21?,22-,24?,31+/m0/s1. The van der Waals surface area contributed by atoms with Crippen LogP contribution in [-0.2, 0) is 25.7 Å². The third-order valence-electron chi connectivity index (χ3n) is 8.22. The number of carbonyl (C=O) groups is 3. The van der Waals surface area contributed by atoms with E-state index in [1.54, 1.807) is 11.8 Å². The minimum Gasteiger partial charge on any atom is -0.481 e. The van der Waals surface area contributed by atoms with Gasteiger partial charge in [0.15, 0.2) is 0 Å². The van der Waals surface area contributed by atoms with E-state index in [0.29, 0.717) is 13.1 Å². The van der Waals surface area contributed by atoms with Gasteiger partial charge >= 0.3 is 12.1 Å². The third-order valence-corrected chi connectivity index (χ3v) is 8.22. The zero-order chi connectivity index (χ0) is 28.9. The lowest BCUT2D eigenvalue weighted by Crippen LogP contribution is -2.54. The highest BCUT2D eigenvalue weighted by atomic mass is 16.5. The van der Waals surface area contributed by atoms with Crippen molar-refractivity contribution in [3.63, 3.8) is 0 Å². The molecule has 0 radical (unpaired) electrons. The number of ether oxygens (including phenoxy) is 2. The molecule has 1 aliphatic heterocycles. The molecule has 1 heterocycles. The number of carboxylic acids is 1. The van der Waals surface area contributed by atoms with E-state index in [0.717, 1.165) is 27.8 Å². The number of likely N-dealkylation sites (tertiary alicyclic amines) is 1. The summed E-state index contributed by atoms with van der Waals surface area (Å²) in [5, 5.41) is 12.1. The number of carbonyl (C=O) groups excluding carboxylic acids is 2. The van der Waals surface area contributed by atoms with Gasteiger partial charge in [-0.05, 0) is 46.6 Å². The Morgan fingerprint density at radius 3 is 2.17 bits per heavy atom. The topological polar surface area (TPSA) is 105 Å². The SMILES string of the molecule is CC1CN(C(=O)[C@H](NC(=O)OCC2c3ccccc3-c3ccccc32)[C@H](C)OCc2ccccc2)CC1CC(=O)O. The van der Waals surface area contributed by atoms with Crippen LogP contribution >= 0.6 is 0 Å². The first-order valence-electron chi connectivity index (χ1n) is 14.1. The van der Waals surface area contributed by atoms with Crippen LogP contribution in [-0.4, -0.2) is 59.8 Å². The molecule has 1 aliphatic carbocycles. The molecule has 2 amide bonds. The normalized spacial score (nSPS) is 19.2. The van der Waals surface area contributed by atoms with E-state index >= 15 is 0 Å². The molecule has 0 bridgehead atoms. The number of amides is 2. The Morgan fingerprint density at radius 2 is 1.54 bits per heavy atom. The summed E-state index contributed by atoms with van der Waals surface area (Å²) < 4.78 is 11.8. The molecule has 8 nitrogen and oxygen atoms in total. The lowest BCUT2D eigenvalue weighted by atomic mass is 9.95. The number of benzene rings is 3. The summed E-state index contributed by atoms with van der Waals surface area (Å²) in [5.74, 6) is -1.41. The highest BCUT2D eigenvalue weighted by Gasteiger charge is 2.39. The van der Waals surface area contributed by atoms with E-state index in [1.807, 2.05) is 61.5 Å². The molecule has 2 aliphatic rings. The van der Waals surface area contributed by atoms with E-state index in [-0.39, 0.29) is 43.3 Å². The number of alkyl carbamates (subject to hydrolysis) is 1. The maximum Gasteiger partial charge on any atom is 0.407 e. The number of nitrogens with zero attached hydrogens (tertiary/aromatic N) is 1. The van der Waals surface area contributed by atoms with E-state index in [1.165, 1.54) is 0 Å². The Hall–Kier alpha value is -4.17. The van der Waals surface area contributed by atoms with Gasteiger partial charge in [0, 0.05) is 19.0 Å². The van der Waals surface area contributed by atoms with Gasteiger partial charge in [0.2, 0.25) is 5.91 Å². The highest BCUT2D eigenvalue weighted by molar-refractivity contribution is 5.87. The minimum absolute atomic E-state index is 0.00448. The molecule has 8 heteroatoms. The van der Waals surface area contributed by atoms with Crippen molar-refractivity contribution in [1.29, 1.82) is 0 Å². The molecule has 1 saturated heterocycles. The zero-order valence-electron chi connectivity index (χ0n) is 23.4. The van der Waals surface area contributed by atoms with Gasteiger partial charge in [-0.2, -0.15) is 0 Å². The Kier molecular flexibility index (Phi) is 8.69. The van der Waals surface area contributed by atoms with Gasteiger partial charge in [0.1, 0.15) is 12.6 Å². The Labute approximate surface area is 240 Å². The van der Waals surface area contributed by atoms with Crippen molar-refractivity contribution in [1.82, 2.24) is 10.2 Å². The molecular formula is C33H36N2O6. The number of rotatable bonds is 10. The molecule has 0 aromatic heterocycles. The van der Waals surface area contributed by atoms with Crippen LogP contribution in [0.15, 0.2) is 78.9 Å². The Morgan fingerprint density at radius 1 is 0.927 bits per heavy atom. The Balaban J connectivity index is 1.28. The van der Waals surface area contributed by atoms with Crippen molar-refractivity contribution in [2.45, 2.75) is 44.9 Å². The van der Waals surface area contributed by atoms with Crippen LogP contribution in [0.1, 0.15) is 42.9 Å². The van der Waals surface area contributed by atoms with Gasteiger partial charge < -0.3 is 24.8 Å². The first-order chi connectivity index (χ1) is 19.8. The summed E-state index contributed by atoms with van der Waals surface area (Å²) in [6.45, 7) is 4.84. The van der Waals surface area contributed by atoms with Crippen molar-refractivity contribution < 1.29 is 29.0 Å². The number of carboxylic acid groups (broad SMARTS) is 1. The van der Waals surface area contributed by atoms with Crippen molar-refractivity contribution in [2.75, 3.05) is 19.7 Å². The second-order valence-electron chi connectivity index (χ2n) is 11.0. The van der Waals surface area contributed by atoms with Crippen LogP contribution in [0.5, 0.6) is 0 Å². The second-order valence-corrected chi connectivity index (χ2v) is 11.0. The maximum atomic E-state index is 13.7. The Bertz CT molecular complexity index is 1350. The summed E-state index contributed by atoms with van der Waals surface area (Å²) in [6, 6.07) is 24.8. The lowest BCUT2D eigenvalue weighted by Gasteiger charge is -2.29. The van der Waals surface area contributed by atoms with Crippen LogP contribution in [0.3, 0.4) is 0 Å². The van der Waals surface area contributed by atoms with E-state index in [2.05, 4.69) is 29.6 Å². The number of hydrogen-bond acceptors (Lipinski definition) is 5. The number of fused-ring (bicyclic) bond motifs is 3. The molecule has 5 rings (SSSR count). The summed E-state index contributed by atoms with van der Waals surface area (Å²) >= 11 is 0. The predicted molar refractivity (Wildman–Crippen MR) is 154 cm³/mol. The molecular weight excluding hydrogens is 520 g/mol. The summed E-state index contributed by atoms with van der Waals surface area (Å²) in [6.07, 6.45) is -1.36. The summed E-state index contributed by atoms with van der Waals surface area (Å²) in [7, 11) is 0. The van der Waals surface area contributed by atoms with Crippen molar-refractivity contribution in [2.24, 2.45) is 11.8 Å². The molecule has 3 aromatic carbocycles. The van der Waals surface area contributed by atoms with Gasteiger partial charge in [-0.15, -0.1) is 0 Å². The first-order valence-corrected chi connectivity index (χ1v) is 14.1. The van der Waals surface area contributed by atoms with Crippen LogP contribution in [0.4, 0.5) is 4.79 Å². The molecule has 1 fully saturated rings. The molecule has 3 aromatic rings. The fraction of sp³-hybridized carbons (Fsp3) is 0.364. The largest absolute Gasteiger partial charge is 0.481 e. The molecule has 2 unspecified atom stereocenters. The number of aliphatic carboxylic acids is 1. The van der Waals surface area contributed by atoms with Gasteiger partial charge in [0.25, 0.3) is 0 Å². The second kappa shape index (κ2) is 12.6. The third kappa shape index (κ3) is 6.43. The smallest absolute Gasteiger partial charge is 0.407 e. The van der Waals surface area contributed by atoms with E-state index in [9.17, 15) is 19.5 Å². The van der Waals surface area contributed by atoms with Crippen LogP contribution < -0.4 is 5.32 Å². The fourth-order valence-corrected chi connectivity index (χ4v) is 5.95. The van der Waals surface area contributed by atoms with Gasteiger partial charge in [-0.25, -0.2) is 4.79 Å². The molecule has 2 N–H and O–H groups in total. The summed E-state index contributed by atoms with van der Waals surface area (Å²) in [5.41, 5.74) is 5.41. The molecule has 0 spiro atoms. The number of hydrogen-bond donors (Lipinski definition) is 2. The molecule has 0 saturated carbocycles. The minimum atomic E-state index is -0.995. The average Bonchev–Trinajstić information content (AvgIpc) is 3.50. The van der Waals surface area contributed by atoms with Crippen LogP contribution in [0.2, 0.25) is 0 Å². The molecule has 41 heavy (non-hydrogen) atoms. The molecule has 214 valence electrons. The van der Waals surface area contributed by atoms with Gasteiger partial charge in [-0.3, -0.25) is 9.59 Å². The first kappa shape index (κ1) is 28.4. The zero-order valence-corrected chi connectivity index (χ0v) is 23.4. The fourth-order valence-electron chi connectivity index (χ4n) is 5.95. The quantitative estimate of drug-likeness (QED) is 0.361. The molecule has 4 atom stereocenters. The monoisotopic (exact) mass is 556 g/mol. The lowest BCUT2D eigenvalue weighted by molar-refractivity contribution is -0.139. The van der Waals surface area contributed by atoms with Crippen LogP contribution in [0, 0.1) is 11.8 Å². The summed E-state index contributed by atoms with van der Waals surface area (Å²) in [4.78, 5) is 39.9. The predicted octanol–water partition coefficient (Wildman–Crippen LogP) is 5.07. The van der Waals surface area contributed by atoms with E-state index in [4.69, 9.17) is 9.47 Å².